The van der Waals surface area contributed by atoms with Crippen LogP contribution in [0.4, 0.5) is 4.39 Å². The van der Waals surface area contributed by atoms with Crippen LogP contribution in [0.3, 0.4) is 0 Å². The largest absolute Gasteiger partial charge is 0.494 e. The van der Waals surface area contributed by atoms with Crippen molar-refractivity contribution < 1.29 is 38.5 Å². The van der Waals surface area contributed by atoms with Gasteiger partial charge in [0.2, 0.25) is 5.91 Å². The van der Waals surface area contributed by atoms with Crippen molar-refractivity contribution in [3.8, 4) is 5.75 Å². The van der Waals surface area contributed by atoms with Crippen LogP contribution in [0.1, 0.15) is 116 Å². The molecule has 0 unspecified atom stereocenters. The van der Waals surface area contributed by atoms with Gasteiger partial charge in [-0.3, -0.25) is 18.8 Å². The van der Waals surface area contributed by atoms with E-state index < -0.39 is 42.4 Å². The molecule has 1 aromatic rings. The van der Waals surface area contributed by atoms with Crippen LogP contribution in [0.2, 0.25) is 0 Å². The van der Waals surface area contributed by atoms with E-state index in [1.54, 1.807) is 30.3 Å². The first kappa shape index (κ1) is 38.8. The second kappa shape index (κ2) is 24.1. The first-order chi connectivity index (χ1) is 21.2. The van der Waals surface area contributed by atoms with E-state index in [-0.39, 0.29) is 12.8 Å². The van der Waals surface area contributed by atoms with Gasteiger partial charge in [0.15, 0.2) is 0 Å². The second-order valence-electron chi connectivity index (χ2n) is 11.5. The molecular formula is C35H54FNO7. The summed E-state index contributed by atoms with van der Waals surface area (Å²) >= 11 is 0. The first-order valence-electron chi connectivity index (χ1n) is 16.4. The minimum absolute atomic E-state index is 0.00500. The van der Waals surface area contributed by atoms with Crippen molar-refractivity contribution in [3.63, 3.8) is 0 Å². The number of hydrogen-bond donors (Lipinski definition) is 3. The Morgan fingerprint density at radius 3 is 2.02 bits per heavy atom. The molecule has 0 saturated heterocycles. The minimum atomic E-state index is -1.32. The monoisotopic (exact) mass is 619 g/mol. The number of allylic oxidation sites excluding steroid dienone is 1. The summed E-state index contributed by atoms with van der Waals surface area (Å²) in [5, 5.41) is 22.0. The number of hydrogen-bond acceptors (Lipinski definition) is 5. The molecule has 0 fully saturated rings. The normalized spacial score (nSPS) is 13.3. The number of benzene rings is 1. The lowest BCUT2D eigenvalue weighted by Crippen LogP contribution is -2.47. The fourth-order valence-corrected chi connectivity index (χ4v) is 4.97. The van der Waals surface area contributed by atoms with Gasteiger partial charge in [-0.2, -0.15) is 0 Å². The molecule has 0 aliphatic heterocycles. The van der Waals surface area contributed by atoms with E-state index >= 15 is 0 Å². The predicted molar refractivity (Wildman–Crippen MR) is 171 cm³/mol. The number of rotatable bonds is 27. The number of nitrogens with one attached hydrogen (secondary N) is 1. The van der Waals surface area contributed by atoms with Crippen LogP contribution in [0.25, 0.3) is 0 Å². The smallest absolute Gasteiger partial charge is 0.326 e. The van der Waals surface area contributed by atoms with Crippen molar-refractivity contribution >= 4 is 23.6 Å². The molecule has 0 bridgehead atoms. The number of alkyl halides is 1. The van der Waals surface area contributed by atoms with Gasteiger partial charge in [0.25, 0.3) is 0 Å². The maximum absolute atomic E-state index is 13.2. The van der Waals surface area contributed by atoms with Crippen LogP contribution in [0, 0.1) is 11.8 Å². The van der Waals surface area contributed by atoms with Gasteiger partial charge in [-0.15, -0.1) is 0 Å². The molecule has 8 nitrogen and oxygen atoms in total. The van der Waals surface area contributed by atoms with Crippen molar-refractivity contribution in [2.45, 2.75) is 123 Å². The quantitative estimate of drug-likeness (QED) is 0.0687. The van der Waals surface area contributed by atoms with E-state index in [2.05, 4.69) is 19.2 Å². The van der Waals surface area contributed by atoms with Crippen molar-refractivity contribution in [3.05, 3.63) is 42.0 Å². The zero-order valence-electron chi connectivity index (χ0n) is 26.7. The van der Waals surface area contributed by atoms with Crippen LogP contribution in [-0.4, -0.2) is 53.2 Å². The van der Waals surface area contributed by atoms with E-state index in [9.17, 15) is 33.8 Å². The predicted octanol–water partition coefficient (Wildman–Crippen LogP) is 7.48. The maximum Gasteiger partial charge on any atom is 0.326 e. The highest BCUT2D eigenvalue weighted by molar-refractivity contribution is 5.89. The molecule has 1 amide bonds. The zero-order valence-corrected chi connectivity index (χ0v) is 26.7. The summed E-state index contributed by atoms with van der Waals surface area (Å²) in [5.41, 5.74) is 0.667. The fourth-order valence-electron chi connectivity index (χ4n) is 4.97. The molecule has 0 aromatic heterocycles. The van der Waals surface area contributed by atoms with Crippen molar-refractivity contribution in [1.29, 1.82) is 0 Å². The average Bonchev–Trinajstić information content (AvgIpc) is 2.99. The number of amides is 1. The van der Waals surface area contributed by atoms with Crippen LogP contribution in [0.15, 0.2) is 36.4 Å². The highest BCUT2D eigenvalue weighted by Crippen LogP contribution is 2.21. The number of ketones is 1. The van der Waals surface area contributed by atoms with Gasteiger partial charge in [-0.25, -0.2) is 4.79 Å². The topological polar surface area (TPSA) is 130 Å². The number of carbonyl (C=O) groups excluding carboxylic acids is 2. The second-order valence-corrected chi connectivity index (χ2v) is 11.5. The van der Waals surface area contributed by atoms with Crippen LogP contribution >= 0.6 is 0 Å². The van der Waals surface area contributed by atoms with Crippen molar-refractivity contribution in [2.24, 2.45) is 11.8 Å². The van der Waals surface area contributed by atoms with Gasteiger partial charge < -0.3 is 20.3 Å². The lowest BCUT2D eigenvalue weighted by molar-refractivity contribution is -0.147. The summed E-state index contributed by atoms with van der Waals surface area (Å²) in [5.74, 6) is -4.88. The Kier molecular flexibility index (Phi) is 21.3. The lowest BCUT2D eigenvalue weighted by atomic mass is 9.87. The van der Waals surface area contributed by atoms with E-state index in [0.717, 1.165) is 51.4 Å². The van der Waals surface area contributed by atoms with Crippen LogP contribution < -0.4 is 10.1 Å². The SMILES string of the molecule is CCCCCCCC(=O)CCCCCC/C=C/[C@H](C(=O)N[C@@H](Cc1ccc(OCCCC)cc1)C(=O)O)[C@@H](CCF)C(=O)O. The molecule has 1 aromatic carbocycles. The van der Waals surface area contributed by atoms with E-state index in [1.807, 2.05) is 0 Å². The van der Waals surface area contributed by atoms with Crippen molar-refractivity contribution in [2.75, 3.05) is 13.3 Å². The fraction of sp³-hybridized carbons (Fsp3) is 0.657. The third-order valence-corrected chi connectivity index (χ3v) is 7.70. The summed E-state index contributed by atoms with van der Waals surface area (Å²) < 4.78 is 18.9. The van der Waals surface area contributed by atoms with Gasteiger partial charge >= 0.3 is 11.9 Å². The Labute approximate surface area is 262 Å². The molecule has 0 aliphatic rings. The summed E-state index contributed by atoms with van der Waals surface area (Å²) in [6.45, 7) is 3.90. The number of aliphatic carboxylic acids is 2. The zero-order chi connectivity index (χ0) is 32.6. The standard InChI is InChI=1S/C35H54FNO7/c1-3-5-7-10-13-16-28(38)17-14-11-8-9-12-15-18-30(31(23-24-36)34(40)41)33(39)37-32(35(42)43)26-27-19-21-29(22-20-27)44-25-6-4-2/h15,18-22,30-32H,3-14,16-17,23-26H2,1-2H3,(H,37,39)(H,40,41)(H,42,43)/b18-15+/t30-,31+,32-/m0/s1. The lowest BCUT2D eigenvalue weighted by Gasteiger charge is -2.22. The highest BCUT2D eigenvalue weighted by Gasteiger charge is 2.33. The average molecular weight is 620 g/mol. The number of unbranched alkanes of at least 4 members (excludes halogenated alkanes) is 9. The molecule has 0 radical (unpaired) electrons. The summed E-state index contributed by atoms with van der Waals surface area (Å²) in [7, 11) is 0. The number of carbonyl (C=O) groups is 4. The molecule has 3 N–H and O–H groups in total. The van der Waals surface area contributed by atoms with Gasteiger partial charge in [0, 0.05) is 19.3 Å². The molecule has 9 heteroatoms. The van der Waals surface area contributed by atoms with Crippen LogP contribution in [-0.2, 0) is 25.6 Å². The Morgan fingerprint density at radius 2 is 1.45 bits per heavy atom. The number of carboxylic acid groups (broad SMARTS) is 2. The molecule has 0 aliphatic carbocycles. The van der Waals surface area contributed by atoms with Crippen molar-refractivity contribution in [1.82, 2.24) is 5.32 Å². The highest BCUT2D eigenvalue weighted by atomic mass is 19.1. The third-order valence-electron chi connectivity index (χ3n) is 7.70. The molecule has 0 saturated carbocycles. The Hall–Kier alpha value is -3.23. The number of halogens is 1. The number of carboxylic acids is 2. The summed E-state index contributed by atoms with van der Waals surface area (Å²) in [6, 6.07) is 5.66. The van der Waals surface area contributed by atoms with E-state index in [1.165, 1.54) is 25.3 Å². The summed E-state index contributed by atoms with van der Waals surface area (Å²) in [6.07, 6.45) is 15.7. The molecule has 248 valence electrons. The molecule has 0 spiro atoms. The van der Waals surface area contributed by atoms with E-state index in [4.69, 9.17) is 4.74 Å². The molecule has 44 heavy (non-hydrogen) atoms. The maximum atomic E-state index is 13.2. The van der Waals surface area contributed by atoms with Gasteiger partial charge in [0.1, 0.15) is 17.6 Å². The van der Waals surface area contributed by atoms with Gasteiger partial charge in [-0.05, 0) is 56.2 Å². The minimum Gasteiger partial charge on any atom is -0.494 e. The Bertz CT molecular complexity index is 995. The number of ether oxygens (including phenoxy) is 1. The van der Waals surface area contributed by atoms with Crippen LogP contribution in [0.5, 0.6) is 5.75 Å². The number of Topliss-reactive ketones (excluding diaryl/α,β-unsaturated/α-hetero) is 1. The van der Waals surface area contributed by atoms with Gasteiger partial charge in [-0.1, -0.05) is 83.1 Å². The third kappa shape index (κ3) is 17.2. The molecular weight excluding hydrogens is 565 g/mol. The molecule has 0 heterocycles. The Morgan fingerprint density at radius 1 is 0.841 bits per heavy atom. The molecule has 3 atom stereocenters. The Balaban J connectivity index is 2.66. The summed E-state index contributed by atoms with van der Waals surface area (Å²) in [4.78, 5) is 49.1. The first-order valence-corrected chi connectivity index (χ1v) is 16.4. The van der Waals surface area contributed by atoms with Gasteiger partial charge in [0.05, 0.1) is 25.1 Å². The van der Waals surface area contributed by atoms with E-state index in [0.29, 0.717) is 43.0 Å². The molecule has 1 rings (SSSR count).